The molecule has 4 heteroatoms. The van der Waals surface area contributed by atoms with Crippen LogP contribution in [-0.2, 0) is 14.3 Å². The molecule has 3 nitrogen and oxygen atoms in total. The summed E-state index contributed by atoms with van der Waals surface area (Å²) >= 11 is 0. The molecule has 0 unspecified atom stereocenters. The van der Waals surface area contributed by atoms with Crippen molar-refractivity contribution in [2.24, 2.45) is 0 Å². The van der Waals surface area contributed by atoms with Gasteiger partial charge >= 0.3 is 5.97 Å². The van der Waals surface area contributed by atoms with Gasteiger partial charge in [0.05, 0.1) is 0 Å². The fourth-order valence-electron chi connectivity index (χ4n) is 1.98. The third kappa shape index (κ3) is 0.720. The van der Waals surface area contributed by atoms with Crippen molar-refractivity contribution in [1.29, 1.82) is 0 Å². The third-order valence-corrected chi connectivity index (χ3v) is 5.63. The Balaban J connectivity index is 2.32. The molecule has 2 fully saturated rings. The van der Waals surface area contributed by atoms with Crippen molar-refractivity contribution in [1.82, 2.24) is 0 Å². The molecule has 0 spiro atoms. The Morgan fingerprint density at radius 1 is 1.42 bits per heavy atom. The molecule has 2 aliphatic rings. The van der Waals surface area contributed by atoms with Gasteiger partial charge in [-0.1, -0.05) is 19.6 Å². The van der Waals surface area contributed by atoms with Gasteiger partial charge in [-0.2, -0.15) is 0 Å². The number of cyclic esters (lactones) is 1. The van der Waals surface area contributed by atoms with Crippen LogP contribution in [-0.4, -0.2) is 31.5 Å². The van der Waals surface area contributed by atoms with Crippen molar-refractivity contribution in [3.63, 3.8) is 0 Å². The second kappa shape index (κ2) is 1.93. The quantitative estimate of drug-likeness (QED) is 0.347. The summed E-state index contributed by atoms with van der Waals surface area (Å²) in [6.45, 7) is 8.34. The Bertz CT molecular complexity index is 245. The summed E-state index contributed by atoms with van der Waals surface area (Å²) in [5, 5.41) is -0.494. The van der Waals surface area contributed by atoms with E-state index >= 15 is 0 Å². The summed E-state index contributed by atoms with van der Waals surface area (Å²) in [5.41, 5.74) is 0. The van der Waals surface area contributed by atoms with Crippen molar-refractivity contribution in [3.8, 4) is 0 Å². The molecular weight excluding hydrogens is 172 g/mol. The zero-order chi connectivity index (χ0) is 9.15. The lowest BCUT2D eigenvalue weighted by Crippen LogP contribution is -2.47. The summed E-state index contributed by atoms with van der Waals surface area (Å²) < 4.78 is 10.6. The average molecular weight is 186 g/mol. The van der Waals surface area contributed by atoms with Crippen molar-refractivity contribution < 1.29 is 14.3 Å². The van der Waals surface area contributed by atoms with Gasteiger partial charge in [0, 0.05) is 0 Å². The van der Waals surface area contributed by atoms with Gasteiger partial charge in [0.25, 0.3) is 0 Å². The number of esters is 1. The van der Waals surface area contributed by atoms with Crippen LogP contribution in [0.15, 0.2) is 0 Å². The van der Waals surface area contributed by atoms with E-state index in [0.717, 1.165) is 0 Å². The number of rotatable bonds is 1. The SMILES string of the molecule is C[C@@H]1OC(=O)[C@@]2([Si](C)(C)C)O[C@@H]12. The average Bonchev–Trinajstić information content (AvgIpc) is 2.53. The van der Waals surface area contributed by atoms with Crippen molar-refractivity contribution in [2.45, 2.75) is 44.0 Å². The fraction of sp³-hybridized carbons (Fsp3) is 0.875. The minimum atomic E-state index is -1.58. The lowest BCUT2D eigenvalue weighted by molar-refractivity contribution is -0.150. The highest BCUT2D eigenvalue weighted by Gasteiger charge is 2.77. The Hall–Kier alpha value is -0.353. The minimum Gasteiger partial charge on any atom is -0.458 e. The summed E-state index contributed by atoms with van der Waals surface area (Å²) in [6, 6.07) is 0. The van der Waals surface area contributed by atoms with Crippen LogP contribution in [0.1, 0.15) is 6.92 Å². The number of epoxide rings is 1. The molecule has 0 radical (unpaired) electrons. The van der Waals surface area contributed by atoms with E-state index in [9.17, 15) is 4.79 Å². The number of hydrogen-bond acceptors (Lipinski definition) is 3. The third-order valence-electron chi connectivity index (χ3n) is 2.79. The summed E-state index contributed by atoms with van der Waals surface area (Å²) in [5.74, 6) is -0.126. The summed E-state index contributed by atoms with van der Waals surface area (Å²) in [7, 11) is -1.58. The first-order valence-electron chi connectivity index (χ1n) is 4.28. The van der Waals surface area contributed by atoms with E-state index in [1.165, 1.54) is 0 Å². The Kier molecular flexibility index (Phi) is 1.33. The van der Waals surface area contributed by atoms with E-state index in [1.807, 2.05) is 6.92 Å². The Morgan fingerprint density at radius 3 is 2.17 bits per heavy atom. The topological polar surface area (TPSA) is 38.8 Å². The van der Waals surface area contributed by atoms with Gasteiger partial charge in [0.1, 0.15) is 20.3 Å². The molecule has 2 saturated heterocycles. The van der Waals surface area contributed by atoms with Crippen LogP contribution in [0.3, 0.4) is 0 Å². The minimum absolute atomic E-state index is 0.0378. The zero-order valence-corrected chi connectivity index (χ0v) is 8.88. The van der Waals surface area contributed by atoms with Crippen molar-refractivity contribution in [2.75, 3.05) is 0 Å². The van der Waals surface area contributed by atoms with Crippen LogP contribution in [0.4, 0.5) is 0 Å². The second-order valence-corrected chi connectivity index (χ2v) is 9.88. The lowest BCUT2D eigenvalue weighted by Gasteiger charge is -2.20. The van der Waals surface area contributed by atoms with Crippen LogP contribution in [0.5, 0.6) is 0 Å². The van der Waals surface area contributed by atoms with Crippen LogP contribution in [0, 0.1) is 0 Å². The molecule has 0 amide bonds. The highest BCUT2D eigenvalue weighted by Crippen LogP contribution is 2.52. The molecule has 3 atom stereocenters. The molecule has 0 aromatic heterocycles. The van der Waals surface area contributed by atoms with Crippen LogP contribution in [0.25, 0.3) is 0 Å². The van der Waals surface area contributed by atoms with Crippen LogP contribution < -0.4 is 0 Å². The Morgan fingerprint density at radius 2 is 2.00 bits per heavy atom. The van der Waals surface area contributed by atoms with Crippen LogP contribution >= 0.6 is 0 Å². The molecule has 68 valence electrons. The van der Waals surface area contributed by atoms with Gasteiger partial charge in [-0.05, 0) is 6.92 Å². The molecule has 2 aliphatic heterocycles. The summed E-state index contributed by atoms with van der Waals surface area (Å²) in [4.78, 5) is 11.5. The predicted octanol–water partition coefficient (Wildman–Crippen LogP) is 0.947. The number of carbonyl (C=O) groups is 1. The highest BCUT2D eigenvalue weighted by molar-refractivity contribution is 6.83. The normalized spacial score (nSPS) is 45.5. The molecule has 2 rings (SSSR count). The maximum absolute atomic E-state index is 11.5. The highest BCUT2D eigenvalue weighted by atomic mass is 28.3. The van der Waals surface area contributed by atoms with Gasteiger partial charge < -0.3 is 9.47 Å². The molecule has 0 aliphatic carbocycles. The van der Waals surface area contributed by atoms with Gasteiger partial charge in [0.15, 0.2) is 5.22 Å². The first kappa shape index (κ1) is 8.25. The monoisotopic (exact) mass is 186 g/mol. The first-order chi connectivity index (χ1) is 5.39. The van der Waals surface area contributed by atoms with E-state index < -0.39 is 13.3 Å². The zero-order valence-electron chi connectivity index (χ0n) is 7.88. The second-order valence-electron chi connectivity index (χ2n) is 4.63. The van der Waals surface area contributed by atoms with E-state index in [0.29, 0.717) is 0 Å². The van der Waals surface area contributed by atoms with Crippen molar-refractivity contribution >= 4 is 14.0 Å². The molecule has 0 aromatic carbocycles. The molecule has 0 aromatic rings. The molecule has 2 heterocycles. The van der Waals surface area contributed by atoms with E-state index in [1.54, 1.807) is 0 Å². The maximum atomic E-state index is 11.5. The molecule has 0 bridgehead atoms. The van der Waals surface area contributed by atoms with Gasteiger partial charge in [-0.15, -0.1) is 0 Å². The molecular formula is C8H14O3Si. The number of ether oxygens (including phenoxy) is 2. The molecule has 0 saturated carbocycles. The van der Waals surface area contributed by atoms with E-state index in [4.69, 9.17) is 9.47 Å². The smallest absolute Gasteiger partial charge is 0.338 e. The number of fused-ring (bicyclic) bond motifs is 1. The number of hydrogen-bond donors (Lipinski definition) is 0. The van der Waals surface area contributed by atoms with E-state index in [-0.39, 0.29) is 18.2 Å². The standard InChI is InChI=1S/C8H14O3Si/c1-5-6-8(11-6,7(9)10-5)12(2,3)4/h5-6H,1-4H3/t5-,6-,8+/m0/s1. The van der Waals surface area contributed by atoms with Gasteiger partial charge in [-0.3, -0.25) is 0 Å². The van der Waals surface area contributed by atoms with Gasteiger partial charge in [-0.25, -0.2) is 4.79 Å². The van der Waals surface area contributed by atoms with Gasteiger partial charge in [0.2, 0.25) is 0 Å². The summed E-state index contributed by atoms with van der Waals surface area (Å²) in [6.07, 6.45) is 0.0147. The molecule has 12 heavy (non-hydrogen) atoms. The maximum Gasteiger partial charge on any atom is 0.338 e. The lowest BCUT2D eigenvalue weighted by atomic mass is 10.2. The Labute approximate surface area is 73.1 Å². The largest absolute Gasteiger partial charge is 0.458 e. The first-order valence-corrected chi connectivity index (χ1v) is 7.78. The van der Waals surface area contributed by atoms with Crippen molar-refractivity contribution in [3.05, 3.63) is 0 Å². The number of carbonyl (C=O) groups excluding carboxylic acids is 1. The van der Waals surface area contributed by atoms with E-state index in [2.05, 4.69) is 19.6 Å². The predicted molar refractivity (Wildman–Crippen MR) is 46.5 cm³/mol. The van der Waals surface area contributed by atoms with Crippen LogP contribution in [0.2, 0.25) is 19.6 Å². The fourth-order valence-corrected chi connectivity index (χ4v) is 4.22. The molecule has 0 N–H and O–H groups in total.